The van der Waals surface area contributed by atoms with Crippen molar-refractivity contribution in [2.45, 2.75) is 26.2 Å². The highest BCUT2D eigenvalue weighted by molar-refractivity contribution is 5.78. The molecule has 0 radical (unpaired) electrons. The SMILES string of the molecule is C=C/C=C/C(=C(/O)c1ccccc1)[N+]1=C(C)CCCC1. The Morgan fingerprint density at radius 2 is 2.00 bits per heavy atom. The third-order valence-corrected chi connectivity index (χ3v) is 3.60. The van der Waals surface area contributed by atoms with E-state index < -0.39 is 0 Å². The molecule has 0 fully saturated rings. The normalized spacial score (nSPS) is 17.2. The van der Waals surface area contributed by atoms with Gasteiger partial charge in [-0.15, -0.1) is 0 Å². The molecule has 2 nitrogen and oxygen atoms in total. The van der Waals surface area contributed by atoms with E-state index in [1.165, 1.54) is 12.1 Å². The minimum Gasteiger partial charge on any atom is -0.502 e. The second-order valence-corrected chi connectivity index (χ2v) is 5.04. The van der Waals surface area contributed by atoms with Crippen LogP contribution in [0.2, 0.25) is 0 Å². The largest absolute Gasteiger partial charge is 0.502 e. The van der Waals surface area contributed by atoms with Crippen LogP contribution >= 0.6 is 0 Å². The van der Waals surface area contributed by atoms with Crippen LogP contribution in [0.1, 0.15) is 31.7 Å². The first-order chi connectivity index (χ1) is 9.74. The highest BCUT2D eigenvalue weighted by Crippen LogP contribution is 2.21. The number of rotatable bonds is 4. The third-order valence-electron chi connectivity index (χ3n) is 3.60. The minimum absolute atomic E-state index is 0.324. The Balaban J connectivity index is 2.52. The topological polar surface area (TPSA) is 23.2 Å². The Hall–Kier alpha value is -2.09. The van der Waals surface area contributed by atoms with Crippen LogP contribution < -0.4 is 0 Å². The molecular formula is C18H22NO+. The molecule has 1 N–H and O–H groups in total. The molecule has 0 aromatic heterocycles. The molecule has 0 saturated heterocycles. The molecule has 0 amide bonds. The van der Waals surface area contributed by atoms with Gasteiger partial charge in [0.25, 0.3) is 0 Å². The zero-order chi connectivity index (χ0) is 14.4. The van der Waals surface area contributed by atoms with Crippen LogP contribution in [-0.2, 0) is 0 Å². The van der Waals surface area contributed by atoms with Gasteiger partial charge in [-0.2, -0.15) is 4.58 Å². The summed E-state index contributed by atoms with van der Waals surface area (Å²) >= 11 is 0. The van der Waals surface area contributed by atoms with E-state index >= 15 is 0 Å². The highest BCUT2D eigenvalue weighted by atomic mass is 16.3. The molecule has 2 rings (SSSR count). The summed E-state index contributed by atoms with van der Waals surface area (Å²) in [5.41, 5.74) is 3.00. The maximum Gasteiger partial charge on any atom is 0.247 e. The number of hydrogen-bond acceptors (Lipinski definition) is 1. The molecule has 1 aromatic carbocycles. The van der Waals surface area contributed by atoms with Gasteiger partial charge in [0.05, 0.1) is 0 Å². The second-order valence-electron chi connectivity index (χ2n) is 5.04. The summed E-state index contributed by atoms with van der Waals surface area (Å²) in [6.45, 7) is 6.81. The Kier molecular flexibility index (Phi) is 4.94. The van der Waals surface area contributed by atoms with E-state index in [1.807, 2.05) is 42.5 Å². The van der Waals surface area contributed by atoms with Gasteiger partial charge in [-0.05, 0) is 6.42 Å². The first kappa shape index (κ1) is 14.3. The van der Waals surface area contributed by atoms with Crippen LogP contribution in [0.4, 0.5) is 0 Å². The fourth-order valence-electron chi connectivity index (χ4n) is 2.50. The van der Waals surface area contributed by atoms with Crippen molar-refractivity contribution in [2.24, 2.45) is 0 Å². The van der Waals surface area contributed by atoms with Crippen LogP contribution in [0.15, 0.2) is 60.8 Å². The van der Waals surface area contributed by atoms with Crippen molar-refractivity contribution >= 4 is 11.5 Å². The lowest BCUT2D eigenvalue weighted by Crippen LogP contribution is -2.24. The van der Waals surface area contributed by atoms with E-state index in [9.17, 15) is 5.11 Å². The van der Waals surface area contributed by atoms with Gasteiger partial charge in [0.15, 0.2) is 11.5 Å². The van der Waals surface area contributed by atoms with Crippen molar-refractivity contribution in [3.05, 3.63) is 66.4 Å². The summed E-state index contributed by atoms with van der Waals surface area (Å²) in [5, 5.41) is 10.6. The standard InChI is InChI=1S/C18H21NO/c1-3-4-13-17(19-14-9-8-10-15(19)2)18(20)16-11-6-5-7-12-16/h3-7,11-13H,1,8-10,14H2,2H3/p+1/b13-4+,18-17-. The van der Waals surface area contributed by atoms with Gasteiger partial charge in [0, 0.05) is 31.4 Å². The van der Waals surface area contributed by atoms with E-state index in [0.29, 0.717) is 5.76 Å². The summed E-state index contributed by atoms with van der Waals surface area (Å²) in [6.07, 6.45) is 9.02. The zero-order valence-electron chi connectivity index (χ0n) is 12.0. The molecule has 20 heavy (non-hydrogen) atoms. The lowest BCUT2D eigenvalue weighted by molar-refractivity contribution is -0.478. The van der Waals surface area contributed by atoms with Gasteiger partial charge >= 0.3 is 0 Å². The van der Waals surface area contributed by atoms with Crippen molar-refractivity contribution in [3.63, 3.8) is 0 Å². The third kappa shape index (κ3) is 3.27. The molecule has 2 heteroatoms. The lowest BCUT2D eigenvalue weighted by atomic mass is 10.1. The number of allylic oxidation sites excluding steroid dienone is 3. The van der Waals surface area contributed by atoms with Gasteiger partial charge in [-0.3, -0.25) is 0 Å². The quantitative estimate of drug-likeness (QED) is 0.491. The lowest BCUT2D eigenvalue weighted by Gasteiger charge is -2.14. The van der Waals surface area contributed by atoms with Gasteiger partial charge in [-0.25, -0.2) is 0 Å². The van der Waals surface area contributed by atoms with Crippen molar-refractivity contribution in [2.75, 3.05) is 6.54 Å². The number of aliphatic hydroxyl groups excluding tert-OH is 1. The highest BCUT2D eigenvalue weighted by Gasteiger charge is 2.23. The molecule has 0 spiro atoms. The molecule has 0 unspecified atom stereocenters. The Morgan fingerprint density at radius 1 is 1.25 bits per heavy atom. The molecular weight excluding hydrogens is 246 g/mol. The van der Waals surface area contributed by atoms with Crippen molar-refractivity contribution in [3.8, 4) is 0 Å². The monoisotopic (exact) mass is 268 g/mol. The van der Waals surface area contributed by atoms with Crippen molar-refractivity contribution < 1.29 is 9.68 Å². The smallest absolute Gasteiger partial charge is 0.247 e. The van der Waals surface area contributed by atoms with Crippen molar-refractivity contribution in [1.29, 1.82) is 0 Å². The molecule has 0 saturated carbocycles. The van der Waals surface area contributed by atoms with Gasteiger partial charge in [0.1, 0.15) is 6.54 Å². The van der Waals surface area contributed by atoms with Gasteiger partial charge < -0.3 is 5.11 Å². The zero-order valence-corrected chi connectivity index (χ0v) is 12.0. The predicted octanol–water partition coefficient (Wildman–Crippen LogP) is 4.31. The van der Waals surface area contributed by atoms with E-state index in [-0.39, 0.29) is 0 Å². The first-order valence-corrected chi connectivity index (χ1v) is 7.11. The van der Waals surface area contributed by atoms with Crippen LogP contribution in [0.3, 0.4) is 0 Å². The average molecular weight is 268 g/mol. The second kappa shape index (κ2) is 6.90. The van der Waals surface area contributed by atoms with Gasteiger partial charge in [-0.1, -0.05) is 49.1 Å². The summed E-state index contributed by atoms with van der Waals surface area (Å²) in [5.74, 6) is 0.324. The molecule has 0 atom stereocenters. The van der Waals surface area contributed by atoms with E-state index in [0.717, 1.165) is 30.6 Å². The van der Waals surface area contributed by atoms with E-state index in [1.54, 1.807) is 6.08 Å². The summed E-state index contributed by atoms with van der Waals surface area (Å²) in [4.78, 5) is 0. The fraction of sp³-hybridized carbons (Fsp3) is 0.278. The fourth-order valence-corrected chi connectivity index (χ4v) is 2.50. The molecule has 0 bridgehead atoms. The Bertz CT molecular complexity index is 564. The maximum atomic E-state index is 10.6. The molecule has 1 aliphatic heterocycles. The summed E-state index contributed by atoms with van der Waals surface area (Å²) in [7, 11) is 0. The molecule has 1 aliphatic rings. The van der Waals surface area contributed by atoms with Crippen LogP contribution in [0.5, 0.6) is 0 Å². The number of hydrogen-bond donors (Lipinski definition) is 1. The first-order valence-electron chi connectivity index (χ1n) is 7.11. The average Bonchev–Trinajstić information content (AvgIpc) is 2.50. The Morgan fingerprint density at radius 3 is 2.65 bits per heavy atom. The van der Waals surface area contributed by atoms with Crippen LogP contribution in [0.25, 0.3) is 5.76 Å². The van der Waals surface area contributed by atoms with Crippen LogP contribution in [0, 0.1) is 0 Å². The number of aliphatic hydroxyl groups is 1. The predicted molar refractivity (Wildman–Crippen MR) is 85.0 cm³/mol. The molecule has 104 valence electrons. The summed E-state index contributed by atoms with van der Waals surface area (Å²) in [6, 6.07) is 9.68. The van der Waals surface area contributed by atoms with Crippen molar-refractivity contribution in [1.82, 2.24) is 0 Å². The molecule has 1 heterocycles. The molecule has 0 aliphatic carbocycles. The molecule has 1 aromatic rings. The Labute approximate surface area is 121 Å². The van der Waals surface area contributed by atoms with E-state index in [2.05, 4.69) is 18.1 Å². The summed E-state index contributed by atoms with van der Waals surface area (Å²) < 4.78 is 2.21. The van der Waals surface area contributed by atoms with Crippen LogP contribution in [-0.4, -0.2) is 21.9 Å². The van der Waals surface area contributed by atoms with E-state index in [4.69, 9.17) is 0 Å². The number of benzene rings is 1. The minimum atomic E-state index is 0.324. The van der Waals surface area contributed by atoms with Gasteiger partial charge in [0.2, 0.25) is 5.70 Å². The number of nitrogens with zero attached hydrogens (tertiary/aromatic N) is 1. The maximum absolute atomic E-state index is 10.6.